The zero-order valence-electron chi connectivity index (χ0n) is 10.4. The number of likely N-dealkylation sites (N-methyl/N-ethyl adjacent to an activating group) is 1. The van der Waals surface area contributed by atoms with Gasteiger partial charge in [-0.25, -0.2) is 0 Å². The van der Waals surface area contributed by atoms with E-state index in [1.54, 1.807) is 0 Å². The van der Waals surface area contributed by atoms with Gasteiger partial charge in [-0.1, -0.05) is 13.8 Å². The molecule has 0 bridgehead atoms. The first-order chi connectivity index (χ1) is 6.95. The first-order valence-corrected chi connectivity index (χ1v) is 5.61. The monoisotopic (exact) mass is 210 g/mol. The van der Waals surface area contributed by atoms with Gasteiger partial charge < -0.3 is 10.2 Å². The van der Waals surface area contributed by atoms with Crippen molar-refractivity contribution in [1.82, 2.24) is 10.2 Å². The summed E-state index contributed by atoms with van der Waals surface area (Å²) in [5.41, 5.74) is 2.17. The van der Waals surface area contributed by atoms with Crippen molar-refractivity contribution in [3.63, 3.8) is 0 Å². The third-order valence-corrected chi connectivity index (χ3v) is 3.42. The molecule has 3 nitrogen and oxygen atoms in total. The molecule has 1 fully saturated rings. The Kier molecular flexibility index (Phi) is 3.91. The van der Waals surface area contributed by atoms with E-state index in [1.165, 1.54) is 5.57 Å². The highest BCUT2D eigenvalue weighted by Crippen LogP contribution is 2.15. The van der Waals surface area contributed by atoms with Crippen LogP contribution in [0.5, 0.6) is 0 Å². The lowest BCUT2D eigenvalue weighted by molar-refractivity contribution is -0.128. The van der Waals surface area contributed by atoms with Gasteiger partial charge in [0.05, 0.1) is 0 Å². The van der Waals surface area contributed by atoms with Crippen LogP contribution < -0.4 is 5.32 Å². The molecule has 1 heterocycles. The van der Waals surface area contributed by atoms with E-state index in [9.17, 15) is 4.79 Å². The minimum absolute atomic E-state index is 0.174. The van der Waals surface area contributed by atoms with E-state index < -0.39 is 0 Å². The zero-order valence-corrected chi connectivity index (χ0v) is 10.4. The van der Waals surface area contributed by atoms with E-state index in [-0.39, 0.29) is 5.91 Å². The molecule has 3 heteroatoms. The van der Waals surface area contributed by atoms with Gasteiger partial charge in [0.1, 0.15) is 0 Å². The minimum atomic E-state index is 0.174. The maximum Gasteiger partial charge on any atom is 0.249 e. The fraction of sp³-hybridized carbons (Fsp3) is 0.750. The molecular formula is C12H22N2O. The summed E-state index contributed by atoms with van der Waals surface area (Å²) >= 11 is 0. The van der Waals surface area contributed by atoms with Gasteiger partial charge in [-0.3, -0.25) is 4.79 Å². The normalized spacial score (nSPS) is 17.3. The molecule has 0 aromatic rings. The summed E-state index contributed by atoms with van der Waals surface area (Å²) < 4.78 is 0. The Morgan fingerprint density at radius 2 is 1.87 bits per heavy atom. The number of carbonyl (C=O) groups excluding carboxylic acids is 1. The maximum absolute atomic E-state index is 12.1. The highest BCUT2D eigenvalue weighted by Gasteiger charge is 2.23. The summed E-state index contributed by atoms with van der Waals surface area (Å²) in [7, 11) is 1.89. The predicted molar refractivity (Wildman–Crippen MR) is 62.6 cm³/mol. The van der Waals surface area contributed by atoms with Gasteiger partial charge in [0.15, 0.2) is 0 Å². The van der Waals surface area contributed by atoms with Crippen LogP contribution >= 0.6 is 0 Å². The van der Waals surface area contributed by atoms with Crippen LogP contribution in [0.15, 0.2) is 11.1 Å². The van der Waals surface area contributed by atoms with E-state index in [0.717, 1.165) is 18.7 Å². The Morgan fingerprint density at radius 3 is 2.20 bits per heavy atom. The van der Waals surface area contributed by atoms with Crippen LogP contribution in [0, 0.1) is 5.92 Å². The van der Waals surface area contributed by atoms with Crippen molar-refractivity contribution in [3.8, 4) is 0 Å². The summed E-state index contributed by atoms with van der Waals surface area (Å²) in [6, 6.07) is 0.293. The molecule has 1 aliphatic rings. The average Bonchev–Trinajstić information content (AvgIpc) is 2.11. The Hall–Kier alpha value is -0.830. The third kappa shape index (κ3) is 2.59. The van der Waals surface area contributed by atoms with Gasteiger partial charge in [-0.05, 0) is 25.3 Å². The number of hydrogen-bond acceptors (Lipinski definition) is 2. The van der Waals surface area contributed by atoms with Gasteiger partial charge >= 0.3 is 0 Å². The Morgan fingerprint density at radius 1 is 1.33 bits per heavy atom. The predicted octanol–water partition coefficient (Wildman–Crippen LogP) is 1.41. The molecule has 1 aliphatic heterocycles. The number of nitrogens with one attached hydrogen (secondary N) is 1. The van der Waals surface area contributed by atoms with Crippen LogP contribution in [0.4, 0.5) is 0 Å². The van der Waals surface area contributed by atoms with Crippen LogP contribution in [0.3, 0.4) is 0 Å². The molecule has 1 atom stereocenters. The molecule has 1 saturated heterocycles. The van der Waals surface area contributed by atoms with Crippen molar-refractivity contribution in [2.24, 2.45) is 5.92 Å². The van der Waals surface area contributed by atoms with Crippen molar-refractivity contribution < 1.29 is 4.79 Å². The van der Waals surface area contributed by atoms with Crippen molar-refractivity contribution in [2.45, 2.75) is 33.7 Å². The first-order valence-electron chi connectivity index (χ1n) is 5.61. The highest BCUT2D eigenvalue weighted by molar-refractivity contribution is 5.94. The van der Waals surface area contributed by atoms with Gasteiger partial charge in [0, 0.05) is 31.8 Å². The molecule has 0 aliphatic carbocycles. The van der Waals surface area contributed by atoms with E-state index in [0.29, 0.717) is 12.0 Å². The van der Waals surface area contributed by atoms with Gasteiger partial charge in [0.25, 0.3) is 0 Å². The Labute approximate surface area is 92.5 Å². The SMILES string of the molecule is CC(C(=O)N(C)C(C)C(C)C)=C1CNC1. The van der Waals surface area contributed by atoms with Crippen LogP contribution in [0.25, 0.3) is 0 Å². The topological polar surface area (TPSA) is 32.3 Å². The second-order valence-electron chi connectivity index (χ2n) is 4.73. The smallest absolute Gasteiger partial charge is 0.249 e. The molecule has 0 radical (unpaired) electrons. The van der Waals surface area contributed by atoms with Crippen molar-refractivity contribution in [2.75, 3.05) is 20.1 Å². The second kappa shape index (κ2) is 4.79. The minimum Gasteiger partial charge on any atom is -0.339 e. The second-order valence-corrected chi connectivity index (χ2v) is 4.73. The van der Waals surface area contributed by atoms with Gasteiger partial charge in [-0.2, -0.15) is 0 Å². The van der Waals surface area contributed by atoms with Crippen LogP contribution in [0.1, 0.15) is 27.7 Å². The molecule has 1 amide bonds. The van der Waals surface area contributed by atoms with Crippen LogP contribution in [0.2, 0.25) is 0 Å². The fourth-order valence-electron chi connectivity index (χ4n) is 1.56. The summed E-state index contributed by atoms with van der Waals surface area (Å²) in [4.78, 5) is 13.9. The lowest BCUT2D eigenvalue weighted by Crippen LogP contribution is -2.42. The van der Waals surface area contributed by atoms with Crippen LogP contribution in [-0.2, 0) is 4.79 Å². The largest absolute Gasteiger partial charge is 0.339 e. The zero-order chi connectivity index (χ0) is 11.6. The summed E-state index contributed by atoms with van der Waals surface area (Å²) in [5.74, 6) is 0.670. The molecule has 1 N–H and O–H groups in total. The molecule has 0 saturated carbocycles. The van der Waals surface area contributed by atoms with Gasteiger partial charge in [-0.15, -0.1) is 0 Å². The number of amides is 1. The number of carbonyl (C=O) groups is 1. The van der Waals surface area contributed by atoms with Crippen molar-refractivity contribution >= 4 is 5.91 Å². The Bertz CT molecular complexity index is 275. The van der Waals surface area contributed by atoms with E-state index in [1.807, 2.05) is 18.9 Å². The van der Waals surface area contributed by atoms with Crippen LogP contribution in [-0.4, -0.2) is 37.0 Å². The summed E-state index contributed by atoms with van der Waals surface area (Å²) in [6.07, 6.45) is 0. The summed E-state index contributed by atoms with van der Waals surface area (Å²) in [5, 5.41) is 3.16. The lowest BCUT2D eigenvalue weighted by Gasteiger charge is -2.30. The van der Waals surface area contributed by atoms with Crippen molar-refractivity contribution in [3.05, 3.63) is 11.1 Å². The Balaban J connectivity index is 2.67. The van der Waals surface area contributed by atoms with Crippen molar-refractivity contribution in [1.29, 1.82) is 0 Å². The fourth-order valence-corrected chi connectivity index (χ4v) is 1.56. The number of hydrogen-bond donors (Lipinski definition) is 1. The molecule has 1 rings (SSSR count). The molecule has 15 heavy (non-hydrogen) atoms. The molecule has 86 valence electrons. The quantitative estimate of drug-likeness (QED) is 0.714. The average molecular weight is 210 g/mol. The molecule has 1 unspecified atom stereocenters. The standard InChI is InChI=1S/C12H22N2O/c1-8(2)10(4)14(5)12(15)9(3)11-6-13-7-11/h8,10,13H,6-7H2,1-5H3. The molecular weight excluding hydrogens is 188 g/mol. The first kappa shape index (κ1) is 12.2. The molecule has 0 aromatic heterocycles. The van der Waals surface area contributed by atoms with E-state index in [4.69, 9.17) is 0 Å². The molecule has 0 aromatic carbocycles. The molecule has 0 spiro atoms. The highest BCUT2D eigenvalue weighted by atomic mass is 16.2. The van der Waals surface area contributed by atoms with Gasteiger partial charge in [0.2, 0.25) is 5.91 Å². The van der Waals surface area contributed by atoms with E-state index in [2.05, 4.69) is 26.1 Å². The maximum atomic E-state index is 12.1. The lowest BCUT2D eigenvalue weighted by atomic mass is 10.0. The summed E-state index contributed by atoms with van der Waals surface area (Å²) in [6.45, 7) is 10.1. The van der Waals surface area contributed by atoms with E-state index >= 15 is 0 Å². The number of rotatable bonds is 3. The number of nitrogens with zero attached hydrogens (tertiary/aromatic N) is 1. The third-order valence-electron chi connectivity index (χ3n) is 3.42.